The van der Waals surface area contributed by atoms with E-state index in [0.717, 1.165) is 28.6 Å². The van der Waals surface area contributed by atoms with Crippen LogP contribution in [0.5, 0.6) is 0 Å². The lowest BCUT2D eigenvalue weighted by atomic mass is 10.1. The summed E-state index contributed by atoms with van der Waals surface area (Å²) >= 11 is 1.66. The van der Waals surface area contributed by atoms with Gasteiger partial charge in [-0.05, 0) is 25.3 Å². The first-order valence-electron chi connectivity index (χ1n) is 6.98. The van der Waals surface area contributed by atoms with Gasteiger partial charge in [0, 0.05) is 17.8 Å². The Morgan fingerprint density at radius 2 is 2.16 bits per heavy atom. The van der Waals surface area contributed by atoms with Gasteiger partial charge in [-0.25, -0.2) is 9.67 Å². The normalized spacial score (nSPS) is 16.3. The van der Waals surface area contributed by atoms with Crippen molar-refractivity contribution in [1.29, 1.82) is 0 Å². The molecule has 2 aromatic heterocycles. The molecule has 2 aromatic rings. The second kappa shape index (κ2) is 4.96. The summed E-state index contributed by atoms with van der Waals surface area (Å²) in [4.78, 5) is 6.05. The third kappa shape index (κ3) is 2.27. The van der Waals surface area contributed by atoms with E-state index in [0.29, 0.717) is 5.92 Å². The van der Waals surface area contributed by atoms with Crippen LogP contribution in [0.3, 0.4) is 0 Å². The van der Waals surface area contributed by atoms with Crippen LogP contribution >= 0.6 is 11.3 Å². The van der Waals surface area contributed by atoms with E-state index >= 15 is 0 Å². The van der Waals surface area contributed by atoms with Crippen LogP contribution < -0.4 is 5.73 Å². The Morgan fingerprint density at radius 1 is 1.42 bits per heavy atom. The number of nitrogens with zero attached hydrogens (tertiary/aromatic N) is 3. The summed E-state index contributed by atoms with van der Waals surface area (Å²) < 4.78 is 1.88. The molecule has 0 spiro atoms. The number of anilines is 1. The molecule has 5 heteroatoms. The van der Waals surface area contributed by atoms with Gasteiger partial charge in [-0.2, -0.15) is 5.10 Å². The van der Waals surface area contributed by atoms with E-state index in [1.54, 1.807) is 11.3 Å². The van der Waals surface area contributed by atoms with Crippen LogP contribution in [0.2, 0.25) is 0 Å². The zero-order chi connectivity index (χ0) is 13.4. The van der Waals surface area contributed by atoms with Gasteiger partial charge in [0.05, 0.1) is 10.6 Å². The van der Waals surface area contributed by atoms with Gasteiger partial charge in [0.15, 0.2) is 11.6 Å². The molecule has 0 bridgehead atoms. The molecule has 0 amide bonds. The molecule has 0 saturated heterocycles. The van der Waals surface area contributed by atoms with Gasteiger partial charge in [0.25, 0.3) is 0 Å². The average Bonchev–Trinajstić information content (AvgIpc) is 3.08. The molecule has 0 radical (unpaired) electrons. The molecular weight excluding hydrogens is 256 g/mol. The quantitative estimate of drug-likeness (QED) is 0.935. The number of hydrogen-bond acceptors (Lipinski definition) is 4. The maximum atomic E-state index is 6.12. The van der Waals surface area contributed by atoms with Crippen molar-refractivity contribution in [3.63, 3.8) is 0 Å². The summed E-state index contributed by atoms with van der Waals surface area (Å²) in [5.74, 6) is 2.46. The molecule has 4 nitrogen and oxygen atoms in total. The smallest absolute Gasteiger partial charge is 0.161 e. The second-order valence-corrected chi connectivity index (χ2v) is 6.41. The first-order chi connectivity index (χ1) is 9.19. The third-order valence-corrected chi connectivity index (χ3v) is 5.01. The van der Waals surface area contributed by atoms with Crippen LogP contribution in [0.4, 0.5) is 5.00 Å². The van der Waals surface area contributed by atoms with E-state index in [4.69, 9.17) is 10.7 Å². The highest BCUT2D eigenvalue weighted by molar-refractivity contribution is 7.16. The Balaban J connectivity index is 1.97. The summed E-state index contributed by atoms with van der Waals surface area (Å²) in [5, 5.41) is 5.45. The lowest BCUT2D eigenvalue weighted by Crippen LogP contribution is -1.97. The molecule has 0 aromatic carbocycles. The zero-order valence-electron chi connectivity index (χ0n) is 11.5. The number of thiophene rings is 1. The average molecular weight is 276 g/mol. The Morgan fingerprint density at radius 3 is 2.79 bits per heavy atom. The van der Waals surface area contributed by atoms with Gasteiger partial charge < -0.3 is 5.73 Å². The molecule has 1 fully saturated rings. The molecule has 2 heterocycles. The molecule has 2 N–H and O–H groups in total. The number of nitrogen functional groups attached to an aromatic ring is 1. The van der Waals surface area contributed by atoms with Crippen molar-refractivity contribution < 1.29 is 0 Å². The molecular formula is C14H20N4S. The van der Waals surface area contributed by atoms with Crippen LogP contribution in [-0.4, -0.2) is 14.8 Å². The van der Waals surface area contributed by atoms with E-state index in [1.165, 1.54) is 30.6 Å². The van der Waals surface area contributed by atoms with Crippen molar-refractivity contribution in [2.45, 2.75) is 44.9 Å². The first kappa shape index (κ1) is 12.7. The number of aryl methyl sites for hydroxylation is 2. The molecule has 102 valence electrons. The minimum Gasteiger partial charge on any atom is -0.390 e. The minimum atomic E-state index is 0.547. The fourth-order valence-corrected chi connectivity index (χ4v) is 3.67. The Labute approximate surface area is 117 Å². The molecule has 3 rings (SSSR count). The van der Waals surface area contributed by atoms with Crippen LogP contribution in [0, 0.1) is 0 Å². The lowest BCUT2D eigenvalue weighted by Gasteiger charge is -2.00. The molecule has 1 aliphatic carbocycles. The summed E-state index contributed by atoms with van der Waals surface area (Å²) in [6.07, 6.45) is 6.07. The van der Waals surface area contributed by atoms with Gasteiger partial charge in [-0.1, -0.05) is 19.8 Å². The van der Waals surface area contributed by atoms with Crippen molar-refractivity contribution in [2.24, 2.45) is 7.05 Å². The SMILES string of the molecule is CCc1cc(-c2nc(C3CCCC3)nn2C)c(N)s1. The van der Waals surface area contributed by atoms with Crippen molar-refractivity contribution in [3.05, 3.63) is 16.8 Å². The van der Waals surface area contributed by atoms with Crippen LogP contribution in [0.25, 0.3) is 11.4 Å². The summed E-state index contributed by atoms with van der Waals surface area (Å²) in [6, 6.07) is 2.16. The van der Waals surface area contributed by atoms with E-state index in [-0.39, 0.29) is 0 Å². The van der Waals surface area contributed by atoms with E-state index in [2.05, 4.69) is 18.1 Å². The van der Waals surface area contributed by atoms with Gasteiger partial charge in [-0.3, -0.25) is 0 Å². The largest absolute Gasteiger partial charge is 0.390 e. The van der Waals surface area contributed by atoms with E-state index in [1.807, 2.05) is 11.7 Å². The highest BCUT2D eigenvalue weighted by Gasteiger charge is 2.23. The predicted molar refractivity (Wildman–Crippen MR) is 79.3 cm³/mol. The van der Waals surface area contributed by atoms with Crippen molar-refractivity contribution in [1.82, 2.24) is 14.8 Å². The van der Waals surface area contributed by atoms with Crippen molar-refractivity contribution in [2.75, 3.05) is 5.73 Å². The monoisotopic (exact) mass is 276 g/mol. The maximum absolute atomic E-state index is 6.12. The first-order valence-corrected chi connectivity index (χ1v) is 7.80. The molecule has 0 atom stereocenters. The van der Waals surface area contributed by atoms with Gasteiger partial charge in [0.1, 0.15) is 0 Å². The van der Waals surface area contributed by atoms with Crippen molar-refractivity contribution in [3.8, 4) is 11.4 Å². The van der Waals surface area contributed by atoms with Gasteiger partial charge >= 0.3 is 0 Å². The van der Waals surface area contributed by atoms with Crippen LogP contribution in [0.15, 0.2) is 6.07 Å². The Bertz CT molecular complexity index is 578. The molecule has 0 unspecified atom stereocenters. The lowest BCUT2D eigenvalue weighted by molar-refractivity contribution is 0.648. The number of hydrogen-bond donors (Lipinski definition) is 1. The Kier molecular flexibility index (Phi) is 3.31. The van der Waals surface area contributed by atoms with E-state index < -0.39 is 0 Å². The minimum absolute atomic E-state index is 0.547. The number of nitrogens with two attached hydrogens (primary N) is 1. The summed E-state index contributed by atoms with van der Waals surface area (Å²) in [5.41, 5.74) is 7.16. The topological polar surface area (TPSA) is 56.7 Å². The summed E-state index contributed by atoms with van der Waals surface area (Å²) in [7, 11) is 1.96. The third-order valence-electron chi connectivity index (χ3n) is 3.90. The maximum Gasteiger partial charge on any atom is 0.161 e. The van der Waals surface area contributed by atoms with E-state index in [9.17, 15) is 0 Å². The number of aromatic nitrogens is 3. The molecule has 0 aliphatic heterocycles. The molecule has 1 saturated carbocycles. The Hall–Kier alpha value is -1.36. The van der Waals surface area contributed by atoms with Crippen molar-refractivity contribution >= 4 is 16.3 Å². The fourth-order valence-electron chi connectivity index (χ4n) is 2.80. The van der Waals surface area contributed by atoms with Gasteiger partial charge in [0.2, 0.25) is 0 Å². The fraction of sp³-hybridized carbons (Fsp3) is 0.571. The number of rotatable bonds is 3. The van der Waals surface area contributed by atoms with Crippen LogP contribution in [0.1, 0.15) is 49.2 Å². The predicted octanol–water partition coefficient (Wildman–Crippen LogP) is 3.35. The highest BCUT2D eigenvalue weighted by Crippen LogP contribution is 2.36. The standard InChI is InChI=1S/C14H20N4S/c1-3-10-8-11(12(15)19-10)14-16-13(17-18(14)2)9-6-4-5-7-9/h8-9H,3-7,15H2,1-2H3. The summed E-state index contributed by atoms with van der Waals surface area (Å²) in [6.45, 7) is 2.15. The van der Waals surface area contributed by atoms with Crippen LogP contribution in [-0.2, 0) is 13.5 Å². The van der Waals surface area contributed by atoms with Gasteiger partial charge in [-0.15, -0.1) is 11.3 Å². The zero-order valence-corrected chi connectivity index (χ0v) is 12.3. The molecule has 19 heavy (non-hydrogen) atoms. The second-order valence-electron chi connectivity index (χ2n) is 5.24. The highest BCUT2D eigenvalue weighted by atomic mass is 32.1. The molecule has 1 aliphatic rings.